The summed E-state index contributed by atoms with van der Waals surface area (Å²) >= 11 is 11.8. The Morgan fingerprint density at radius 1 is 1.10 bits per heavy atom. The highest BCUT2D eigenvalue weighted by atomic mass is 35.5. The minimum absolute atomic E-state index is 0.0671. The van der Waals surface area contributed by atoms with Crippen molar-refractivity contribution in [2.45, 2.75) is 0 Å². The predicted molar refractivity (Wildman–Crippen MR) is 114 cm³/mol. The number of esters is 1. The molecule has 0 unspecified atom stereocenters. The lowest BCUT2D eigenvalue weighted by atomic mass is 10.2. The normalized spacial score (nSPS) is 10.7. The number of nitrogens with one attached hydrogen (secondary N) is 1. The van der Waals surface area contributed by atoms with Gasteiger partial charge in [0.1, 0.15) is 5.75 Å². The van der Waals surface area contributed by atoms with E-state index in [9.17, 15) is 9.59 Å². The van der Waals surface area contributed by atoms with E-state index in [1.54, 1.807) is 30.3 Å². The minimum atomic E-state index is -0.655. The SMILES string of the molecule is COc1cc(C=NNC(=O)COc2ccc(Cl)cc2Cl)ccc1OC(=O)c1ccco1. The number of hydrazone groups is 1. The Labute approximate surface area is 187 Å². The summed E-state index contributed by atoms with van der Waals surface area (Å²) in [5, 5.41) is 4.62. The number of furan rings is 1. The standard InChI is InChI=1S/C21H16Cl2N2O6/c1-28-19-9-13(4-6-17(19)31-21(27)18-3-2-8-29-18)11-24-25-20(26)12-30-16-7-5-14(22)10-15(16)23/h2-11H,12H2,1H3,(H,25,26). The Morgan fingerprint density at radius 3 is 2.61 bits per heavy atom. The van der Waals surface area contributed by atoms with Gasteiger partial charge in [-0.1, -0.05) is 23.2 Å². The van der Waals surface area contributed by atoms with Gasteiger partial charge in [0.2, 0.25) is 5.76 Å². The highest BCUT2D eigenvalue weighted by molar-refractivity contribution is 6.35. The van der Waals surface area contributed by atoms with Crippen molar-refractivity contribution in [2.75, 3.05) is 13.7 Å². The molecule has 1 N–H and O–H groups in total. The number of rotatable bonds is 8. The summed E-state index contributed by atoms with van der Waals surface area (Å²) in [7, 11) is 1.43. The molecule has 0 radical (unpaired) electrons. The zero-order chi connectivity index (χ0) is 22.2. The summed E-state index contributed by atoms with van der Waals surface area (Å²) in [6.45, 7) is -0.288. The first kappa shape index (κ1) is 22.2. The van der Waals surface area contributed by atoms with Crippen LogP contribution in [0.2, 0.25) is 10.0 Å². The Bertz CT molecular complexity index is 1100. The molecule has 0 bridgehead atoms. The fourth-order valence-electron chi connectivity index (χ4n) is 2.34. The van der Waals surface area contributed by atoms with Crippen LogP contribution in [0, 0.1) is 0 Å². The number of hydrogen-bond donors (Lipinski definition) is 1. The maximum Gasteiger partial charge on any atom is 0.379 e. The Hall–Kier alpha value is -3.49. The number of hydrogen-bond acceptors (Lipinski definition) is 7. The molecule has 1 aromatic heterocycles. The molecule has 0 spiro atoms. The largest absolute Gasteiger partial charge is 0.493 e. The van der Waals surface area contributed by atoms with Crippen molar-refractivity contribution in [2.24, 2.45) is 5.10 Å². The fraction of sp³-hybridized carbons (Fsp3) is 0.0952. The first-order valence-corrected chi connectivity index (χ1v) is 9.55. The Morgan fingerprint density at radius 2 is 1.90 bits per heavy atom. The minimum Gasteiger partial charge on any atom is -0.493 e. The molecule has 0 atom stereocenters. The third kappa shape index (κ3) is 6.24. The van der Waals surface area contributed by atoms with Crippen LogP contribution in [-0.2, 0) is 4.79 Å². The van der Waals surface area contributed by atoms with Crippen LogP contribution in [0.1, 0.15) is 16.1 Å². The van der Waals surface area contributed by atoms with Gasteiger partial charge in [-0.25, -0.2) is 10.2 Å². The maximum absolute atomic E-state index is 12.0. The van der Waals surface area contributed by atoms with Crippen LogP contribution in [-0.4, -0.2) is 31.8 Å². The third-order valence-corrected chi connectivity index (χ3v) is 4.30. The zero-order valence-electron chi connectivity index (χ0n) is 16.1. The summed E-state index contributed by atoms with van der Waals surface area (Å²) in [4.78, 5) is 23.9. The van der Waals surface area contributed by atoms with Crippen molar-refractivity contribution >= 4 is 41.3 Å². The number of halogens is 2. The Kier molecular flexibility index (Phi) is 7.53. The fourth-order valence-corrected chi connectivity index (χ4v) is 2.80. The molecule has 0 aliphatic carbocycles. The van der Waals surface area contributed by atoms with Gasteiger partial charge in [-0.05, 0) is 54.1 Å². The van der Waals surface area contributed by atoms with E-state index in [1.165, 1.54) is 37.8 Å². The monoisotopic (exact) mass is 462 g/mol. The van der Waals surface area contributed by atoms with E-state index in [0.29, 0.717) is 27.1 Å². The van der Waals surface area contributed by atoms with Gasteiger partial charge in [0.15, 0.2) is 18.1 Å². The molecule has 3 rings (SSSR count). The second-order valence-corrected chi connectivity index (χ2v) is 6.78. The van der Waals surface area contributed by atoms with Gasteiger partial charge in [0.25, 0.3) is 5.91 Å². The molecule has 3 aromatic rings. The van der Waals surface area contributed by atoms with Crippen LogP contribution in [0.3, 0.4) is 0 Å². The summed E-state index contributed by atoms with van der Waals surface area (Å²) in [5.41, 5.74) is 2.93. The predicted octanol–water partition coefficient (Wildman–Crippen LogP) is 4.34. The third-order valence-electron chi connectivity index (χ3n) is 3.77. The number of amides is 1. The number of nitrogens with zero attached hydrogens (tertiary/aromatic N) is 1. The summed E-state index contributed by atoms with van der Waals surface area (Å²) < 4.78 is 20.8. The molecular formula is C21H16Cl2N2O6. The number of ether oxygens (including phenoxy) is 3. The van der Waals surface area contributed by atoms with E-state index in [-0.39, 0.29) is 18.1 Å². The lowest BCUT2D eigenvalue weighted by molar-refractivity contribution is -0.123. The summed E-state index contributed by atoms with van der Waals surface area (Å²) in [6.07, 6.45) is 2.77. The van der Waals surface area contributed by atoms with Crippen molar-refractivity contribution in [1.82, 2.24) is 5.43 Å². The average molecular weight is 463 g/mol. The molecule has 1 heterocycles. The second-order valence-electron chi connectivity index (χ2n) is 5.93. The molecule has 160 valence electrons. The zero-order valence-corrected chi connectivity index (χ0v) is 17.6. The average Bonchev–Trinajstić information content (AvgIpc) is 3.29. The molecular weight excluding hydrogens is 447 g/mol. The molecule has 8 nitrogen and oxygen atoms in total. The van der Waals surface area contributed by atoms with Crippen molar-refractivity contribution in [3.63, 3.8) is 0 Å². The van der Waals surface area contributed by atoms with E-state index in [4.69, 9.17) is 41.8 Å². The van der Waals surface area contributed by atoms with Gasteiger partial charge >= 0.3 is 5.97 Å². The quantitative estimate of drug-likeness (QED) is 0.231. The Balaban J connectivity index is 1.55. The van der Waals surface area contributed by atoms with Crippen molar-refractivity contribution in [3.05, 3.63) is 76.2 Å². The molecule has 0 saturated heterocycles. The topological polar surface area (TPSA) is 99.4 Å². The lowest BCUT2D eigenvalue weighted by Gasteiger charge is -2.09. The van der Waals surface area contributed by atoms with Gasteiger partial charge in [-0.15, -0.1) is 0 Å². The van der Waals surface area contributed by atoms with Gasteiger partial charge in [0.05, 0.1) is 24.6 Å². The number of benzene rings is 2. The van der Waals surface area contributed by atoms with Gasteiger partial charge < -0.3 is 18.6 Å². The molecule has 1 amide bonds. The van der Waals surface area contributed by atoms with E-state index in [2.05, 4.69) is 10.5 Å². The van der Waals surface area contributed by atoms with E-state index in [0.717, 1.165) is 0 Å². The molecule has 31 heavy (non-hydrogen) atoms. The van der Waals surface area contributed by atoms with E-state index in [1.807, 2.05) is 0 Å². The summed E-state index contributed by atoms with van der Waals surface area (Å²) in [6, 6.07) is 12.5. The van der Waals surface area contributed by atoms with Crippen molar-refractivity contribution in [3.8, 4) is 17.2 Å². The van der Waals surface area contributed by atoms with Gasteiger partial charge in [0, 0.05) is 5.02 Å². The number of methoxy groups -OCH3 is 1. The lowest BCUT2D eigenvalue weighted by Crippen LogP contribution is -2.24. The van der Waals surface area contributed by atoms with Crippen molar-refractivity contribution in [1.29, 1.82) is 0 Å². The van der Waals surface area contributed by atoms with Crippen LogP contribution in [0.15, 0.2) is 64.3 Å². The molecule has 0 saturated carbocycles. The molecule has 2 aromatic carbocycles. The van der Waals surface area contributed by atoms with Gasteiger partial charge in [-0.2, -0.15) is 5.10 Å². The molecule has 10 heteroatoms. The highest BCUT2D eigenvalue weighted by Crippen LogP contribution is 2.29. The van der Waals surface area contributed by atoms with Crippen LogP contribution in [0.25, 0.3) is 0 Å². The van der Waals surface area contributed by atoms with E-state index < -0.39 is 11.9 Å². The maximum atomic E-state index is 12.0. The first-order valence-electron chi connectivity index (χ1n) is 8.79. The smallest absolute Gasteiger partial charge is 0.379 e. The van der Waals surface area contributed by atoms with Crippen LogP contribution in [0.5, 0.6) is 17.2 Å². The molecule has 0 fully saturated rings. The van der Waals surface area contributed by atoms with Gasteiger partial charge in [-0.3, -0.25) is 4.79 Å². The first-order chi connectivity index (χ1) is 15.0. The molecule has 0 aliphatic heterocycles. The van der Waals surface area contributed by atoms with Crippen molar-refractivity contribution < 1.29 is 28.2 Å². The van der Waals surface area contributed by atoms with Crippen LogP contribution in [0.4, 0.5) is 0 Å². The van der Waals surface area contributed by atoms with Crippen LogP contribution >= 0.6 is 23.2 Å². The number of carbonyl (C=O) groups is 2. The second kappa shape index (κ2) is 10.5. The summed E-state index contributed by atoms with van der Waals surface area (Å²) in [5.74, 6) is -0.239. The molecule has 0 aliphatic rings. The van der Waals surface area contributed by atoms with Crippen LogP contribution < -0.4 is 19.6 Å². The van der Waals surface area contributed by atoms with E-state index >= 15 is 0 Å². The number of carbonyl (C=O) groups excluding carboxylic acids is 2. The highest BCUT2D eigenvalue weighted by Gasteiger charge is 2.15.